The van der Waals surface area contributed by atoms with Crippen molar-refractivity contribution in [3.05, 3.63) is 0 Å². The molecule has 6 atom stereocenters. The third kappa shape index (κ3) is 7.13. The van der Waals surface area contributed by atoms with Gasteiger partial charge in [-0.15, -0.1) is 0 Å². The van der Waals surface area contributed by atoms with Gasteiger partial charge < -0.3 is 9.47 Å². The van der Waals surface area contributed by atoms with Gasteiger partial charge in [-0.1, -0.05) is 0 Å². The van der Waals surface area contributed by atoms with Gasteiger partial charge in [-0.2, -0.15) is 52.7 Å². The molecule has 3 nitrogen and oxygen atoms in total. The predicted molar refractivity (Wildman–Crippen MR) is 94.6 cm³/mol. The molecule has 0 aliphatic carbocycles. The monoisotopic (exact) mass is 617 g/mol. The minimum Gasteiger partial charge on any atom is -0.378 e. The highest BCUT2D eigenvalue weighted by molar-refractivity contribution is 5.03. The first-order chi connectivity index (χ1) is 17.2. The van der Waals surface area contributed by atoms with E-state index in [2.05, 4.69) is 9.47 Å². The Bertz CT molecular complexity index is 814. The van der Waals surface area contributed by atoms with E-state index in [0.29, 0.717) is 0 Å². The highest BCUT2D eigenvalue weighted by Crippen LogP contribution is 2.50. The molecule has 6 unspecified atom stereocenters. The summed E-state index contributed by atoms with van der Waals surface area (Å²) in [4.78, 5) is -0.789. The SMILES string of the molecule is CC1(C(F)(F)C(F)C(F)(F)F)COCC(C(F)(F)C(N2CC(C(F)(F)F)CC(C(F)(F)F)C2)C(F)(F)F)OC1. The van der Waals surface area contributed by atoms with Gasteiger partial charge in [0.2, 0.25) is 0 Å². The van der Waals surface area contributed by atoms with Gasteiger partial charge in [-0.3, -0.25) is 4.90 Å². The topological polar surface area (TPSA) is 21.7 Å². The Hall–Kier alpha value is -1.31. The van der Waals surface area contributed by atoms with Gasteiger partial charge in [-0.25, -0.2) is 22.0 Å². The van der Waals surface area contributed by atoms with E-state index in [1.165, 1.54) is 0 Å². The van der Waals surface area contributed by atoms with Crippen molar-refractivity contribution >= 4 is 0 Å². The molecule has 2 heterocycles. The first kappa shape index (κ1) is 33.9. The largest absolute Gasteiger partial charge is 0.425 e. The van der Waals surface area contributed by atoms with E-state index in [9.17, 15) is 65.9 Å². The molecule has 0 bridgehead atoms. The van der Waals surface area contributed by atoms with Crippen LogP contribution >= 0.6 is 0 Å². The summed E-state index contributed by atoms with van der Waals surface area (Å²) in [5.41, 5.74) is -3.38. The molecule has 20 heteroatoms. The lowest BCUT2D eigenvalue weighted by Gasteiger charge is -2.46. The second-order valence-corrected chi connectivity index (χ2v) is 9.69. The highest BCUT2D eigenvalue weighted by atomic mass is 19.4. The van der Waals surface area contributed by atoms with Gasteiger partial charge in [0.05, 0.1) is 37.1 Å². The Labute approximate surface area is 208 Å². The average Bonchev–Trinajstić information content (AvgIpc) is 2.93. The minimum absolute atomic E-state index is 0.194. The zero-order valence-corrected chi connectivity index (χ0v) is 19.3. The zero-order valence-electron chi connectivity index (χ0n) is 19.3. The van der Waals surface area contributed by atoms with Gasteiger partial charge >= 0.3 is 24.7 Å². The maximum absolute atomic E-state index is 15.2. The quantitative estimate of drug-likeness (QED) is 0.326. The van der Waals surface area contributed by atoms with Crippen LogP contribution in [0.1, 0.15) is 13.3 Å². The number of hydrogen-bond donors (Lipinski definition) is 0. The molecule has 0 amide bonds. The molecule has 0 N–H and O–H groups in total. The Morgan fingerprint density at radius 3 is 1.56 bits per heavy atom. The maximum atomic E-state index is 15.2. The summed E-state index contributed by atoms with van der Waals surface area (Å²) in [6, 6.07) is -4.39. The van der Waals surface area contributed by atoms with Crippen LogP contribution in [-0.4, -0.2) is 92.7 Å². The molecule has 2 fully saturated rings. The smallest absolute Gasteiger partial charge is 0.378 e. The van der Waals surface area contributed by atoms with E-state index in [0.717, 1.165) is 0 Å². The number of piperidine rings is 1. The van der Waals surface area contributed by atoms with Gasteiger partial charge in [0.25, 0.3) is 18.0 Å². The van der Waals surface area contributed by atoms with Gasteiger partial charge in [0, 0.05) is 13.1 Å². The Morgan fingerprint density at radius 1 is 0.718 bits per heavy atom. The van der Waals surface area contributed by atoms with Crippen molar-refractivity contribution in [3.8, 4) is 0 Å². The van der Waals surface area contributed by atoms with Crippen molar-refractivity contribution in [2.75, 3.05) is 32.9 Å². The van der Waals surface area contributed by atoms with Crippen LogP contribution in [0.5, 0.6) is 0 Å². The maximum Gasteiger partial charge on any atom is 0.425 e. The third-order valence-corrected chi connectivity index (χ3v) is 6.58. The molecular formula is C19H20F17NO2. The molecule has 2 saturated heterocycles. The molecule has 2 aliphatic heterocycles. The lowest BCUT2D eigenvalue weighted by molar-refractivity contribution is -0.302. The molecule has 0 radical (unpaired) electrons. The number of hydrogen-bond acceptors (Lipinski definition) is 3. The minimum atomic E-state index is -6.23. The van der Waals surface area contributed by atoms with Crippen LogP contribution in [-0.2, 0) is 9.47 Å². The van der Waals surface area contributed by atoms with Crippen molar-refractivity contribution in [2.24, 2.45) is 17.3 Å². The van der Waals surface area contributed by atoms with E-state index in [1.54, 1.807) is 0 Å². The Morgan fingerprint density at radius 2 is 1.18 bits per heavy atom. The van der Waals surface area contributed by atoms with E-state index in [1.807, 2.05) is 0 Å². The second kappa shape index (κ2) is 10.5. The molecular weight excluding hydrogens is 597 g/mol. The summed E-state index contributed by atoms with van der Waals surface area (Å²) < 4.78 is 240. The number of rotatable bonds is 5. The second-order valence-electron chi connectivity index (χ2n) is 9.69. The van der Waals surface area contributed by atoms with Gasteiger partial charge in [0.15, 0.2) is 6.04 Å². The number of likely N-dealkylation sites (tertiary alicyclic amines) is 1. The molecule has 232 valence electrons. The Kier molecular flexibility index (Phi) is 9.13. The number of ether oxygens (including phenoxy) is 2. The third-order valence-electron chi connectivity index (χ3n) is 6.58. The van der Waals surface area contributed by atoms with Crippen LogP contribution in [0.4, 0.5) is 74.6 Å². The molecule has 0 aromatic carbocycles. The molecule has 39 heavy (non-hydrogen) atoms. The molecule has 0 aromatic rings. The van der Waals surface area contributed by atoms with Crippen LogP contribution in [0.3, 0.4) is 0 Å². The van der Waals surface area contributed by atoms with E-state index < -0.39 is 116 Å². The summed E-state index contributed by atoms with van der Waals surface area (Å²) in [6.07, 6.45) is -33.4. The summed E-state index contributed by atoms with van der Waals surface area (Å²) in [5.74, 6) is -17.1. The lowest BCUT2D eigenvalue weighted by Crippen LogP contribution is -2.65. The summed E-state index contributed by atoms with van der Waals surface area (Å²) in [5, 5.41) is 0. The van der Waals surface area contributed by atoms with Crippen molar-refractivity contribution in [1.82, 2.24) is 4.90 Å². The standard InChI is InChI=1S/C19H20F17NO2/c1-13(15(23,24)11(20)18(31,32)33)6-38-5-10(39-7-13)14(21,22)12(19(34,35)36)37-3-8(16(25,26)27)2-9(4-37)17(28,29)30/h8-12H,2-7H2,1H3. The van der Waals surface area contributed by atoms with Gasteiger partial charge in [0.1, 0.15) is 6.10 Å². The fraction of sp³-hybridized carbons (Fsp3) is 1.00. The van der Waals surface area contributed by atoms with Crippen LogP contribution in [0, 0.1) is 17.3 Å². The molecule has 0 saturated carbocycles. The van der Waals surface area contributed by atoms with Gasteiger partial charge in [-0.05, 0) is 13.3 Å². The predicted octanol–water partition coefficient (Wildman–Crippen LogP) is 6.57. The van der Waals surface area contributed by atoms with Crippen molar-refractivity contribution in [3.63, 3.8) is 0 Å². The number of nitrogens with zero attached hydrogens (tertiary/aromatic N) is 1. The molecule has 0 aromatic heterocycles. The highest BCUT2D eigenvalue weighted by Gasteiger charge is 2.69. The fourth-order valence-corrected chi connectivity index (χ4v) is 4.35. The zero-order chi connectivity index (χ0) is 30.6. The van der Waals surface area contributed by atoms with E-state index in [-0.39, 0.29) is 6.92 Å². The normalized spacial score (nSPS) is 31.1. The van der Waals surface area contributed by atoms with Crippen molar-refractivity contribution in [2.45, 2.75) is 68.2 Å². The summed E-state index contributed by atoms with van der Waals surface area (Å²) in [6.45, 7) is -9.05. The molecule has 0 spiro atoms. The molecule has 2 aliphatic rings. The summed E-state index contributed by atoms with van der Waals surface area (Å²) in [7, 11) is 0. The number of halogens is 17. The lowest BCUT2D eigenvalue weighted by atomic mass is 9.82. The van der Waals surface area contributed by atoms with E-state index >= 15 is 8.78 Å². The first-order valence-electron chi connectivity index (χ1n) is 10.8. The molecule has 2 rings (SSSR count). The van der Waals surface area contributed by atoms with Crippen LogP contribution < -0.4 is 0 Å². The average molecular weight is 617 g/mol. The summed E-state index contributed by atoms with van der Waals surface area (Å²) >= 11 is 0. The van der Waals surface area contributed by atoms with Crippen LogP contribution in [0.25, 0.3) is 0 Å². The fourth-order valence-electron chi connectivity index (χ4n) is 4.35. The van der Waals surface area contributed by atoms with Crippen LogP contribution in [0.15, 0.2) is 0 Å². The van der Waals surface area contributed by atoms with E-state index in [4.69, 9.17) is 0 Å². The van der Waals surface area contributed by atoms with Crippen molar-refractivity contribution < 1.29 is 84.1 Å². The number of alkyl halides is 17. The first-order valence-corrected chi connectivity index (χ1v) is 10.8. The van der Waals surface area contributed by atoms with Crippen LogP contribution in [0.2, 0.25) is 0 Å². The van der Waals surface area contributed by atoms with Crippen molar-refractivity contribution in [1.29, 1.82) is 0 Å². The Balaban J connectivity index is 2.43.